The van der Waals surface area contributed by atoms with E-state index in [-0.39, 0.29) is 24.1 Å². The minimum atomic E-state index is -0.555. The maximum absolute atomic E-state index is 13.1. The number of rotatable bonds is 8. The molecule has 0 aliphatic carbocycles. The van der Waals surface area contributed by atoms with Gasteiger partial charge in [0.2, 0.25) is 11.8 Å². The number of carbonyl (C=O) groups is 3. The number of amides is 3. The van der Waals surface area contributed by atoms with E-state index in [1.165, 1.54) is 39.0 Å². The molecule has 1 aromatic carbocycles. The van der Waals surface area contributed by atoms with Gasteiger partial charge in [0, 0.05) is 77.4 Å². The molecule has 1 atom stereocenters. The van der Waals surface area contributed by atoms with Gasteiger partial charge in [-0.15, -0.1) is 0 Å². The first-order chi connectivity index (χ1) is 17.1. The van der Waals surface area contributed by atoms with Crippen LogP contribution in [-0.4, -0.2) is 109 Å². The average Bonchev–Trinajstić information content (AvgIpc) is 3.19. The molecule has 5 rings (SSSR count). The lowest BCUT2D eigenvalue weighted by atomic mass is 10.0. The zero-order valence-corrected chi connectivity index (χ0v) is 20.6. The zero-order valence-electron chi connectivity index (χ0n) is 20.6. The van der Waals surface area contributed by atoms with Crippen molar-refractivity contribution >= 4 is 17.7 Å². The molecule has 4 aliphatic heterocycles. The number of piperazine rings is 2. The number of hydrogen-bond donors (Lipinski definition) is 2. The highest BCUT2D eigenvalue weighted by atomic mass is 16.2. The SMILES string of the molecule is O=C1CCC(N2Cc3ccc(CN4CCN(CCCCN5CCNCC5)CC4)cc3C2=O)C(=O)N1. The van der Waals surface area contributed by atoms with E-state index in [4.69, 9.17) is 0 Å². The number of benzene rings is 1. The van der Waals surface area contributed by atoms with Gasteiger partial charge in [-0.1, -0.05) is 12.1 Å². The Morgan fingerprint density at radius 1 is 0.857 bits per heavy atom. The molecule has 9 heteroatoms. The van der Waals surface area contributed by atoms with E-state index < -0.39 is 6.04 Å². The Morgan fingerprint density at radius 3 is 2.26 bits per heavy atom. The molecule has 3 saturated heterocycles. The monoisotopic (exact) mass is 482 g/mol. The van der Waals surface area contributed by atoms with Gasteiger partial charge in [0.15, 0.2) is 0 Å². The van der Waals surface area contributed by atoms with Crippen LogP contribution in [0.3, 0.4) is 0 Å². The predicted octanol–water partition coefficient (Wildman–Crippen LogP) is 0.251. The summed E-state index contributed by atoms with van der Waals surface area (Å²) in [4.78, 5) is 46.0. The van der Waals surface area contributed by atoms with E-state index >= 15 is 0 Å². The lowest BCUT2D eigenvalue weighted by molar-refractivity contribution is -0.136. The highest BCUT2D eigenvalue weighted by molar-refractivity contribution is 6.05. The van der Waals surface area contributed by atoms with Crippen molar-refractivity contribution in [3.63, 3.8) is 0 Å². The summed E-state index contributed by atoms with van der Waals surface area (Å²) in [6.07, 6.45) is 3.22. The number of unbranched alkanes of at least 4 members (excludes halogenated alkanes) is 1. The Bertz CT molecular complexity index is 939. The molecule has 3 fully saturated rings. The van der Waals surface area contributed by atoms with E-state index in [2.05, 4.69) is 31.4 Å². The highest BCUT2D eigenvalue weighted by Gasteiger charge is 2.39. The van der Waals surface area contributed by atoms with Crippen molar-refractivity contribution in [1.82, 2.24) is 30.2 Å². The summed E-state index contributed by atoms with van der Waals surface area (Å²) in [5.74, 6) is -0.709. The summed E-state index contributed by atoms with van der Waals surface area (Å²) in [7, 11) is 0. The second-order valence-corrected chi connectivity index (χ2v) is 10.3. The predicted molar refractivity (Wildman–Crippen MR) is 133 cm³/mol. The fraction of sp³-hybridized carbons (Fsp3) is 0.654. The van der Waals surface area contributed by atoms with Crippen LogP contribution in [0.5, 0.6) is 0 Å². The number of hydrogen-bond acceptors (Lipinski definition) is 7. The van der Waals surface area contributed by atoms with Crippen LogP contribution in [0.25, 0.3) is 0 Å². The number of nitrogens with one attached hydrogen (secondary N) is 2. The van der Waals surface area contributed by atoms with E-state index in [0.717, 1.165) is 56.9 Å². The number of nitrogens with zero attached hydrogens (tertiary/aromatic N) is 4. The molecular formula is C26H38N6O3. The molecule has 4 heterocycles. The van der Waals surface area contributed by atoms with Crippen molar-refractivity contribution in [2.24, 2.45) is 0 Å². The lowest BCUT2D eigenvalue weighted by Gasteiger charge is -2.35. The molecule has 190 valence electrons. The number of fused-ring (bicyclic) bond motifs is 1. The zero-order chi connectivity index (χ0) is 24.2. The molecule has 3 amide bonds. The molecule has 0 saturated carbocycles. The summed E-state index contributed by atoms with van der Waals surface area (Å²) in [6, 6.07) is 5.60. The van der Waals surface area contributed by atoms with Gasteiger partial charge >= 0.3 is 0 Å². The molecule has 9 nitrogen and oxygen atoms in total. The second kappa shape index (κ2) is 11.2. The molecule has 0 aromatic heterocycles. The highest BCUT2D eigenvalue weighted by Crippen LogP contribution is 2.28. The third kappa shape index (κ3) is 5.91. The number of imide groups is 1. The molecule has 1 aromatic rings. The van der Waals surface area contributed by atoms with E-state index in [1.807, 2.05) is 12.1 Å². The second-order valence-electron chi connectivity index (χ2n) is 10.3. The minimum absolute atomic E-state index is 0.0954. The first-order valence-corrected chi connectivity index (χ1v) is 13.2. The van der Waals surface area contributed by atoms with Crippen molar-refractivity contribution in [2.45, 2.75) is 44.8 Å². The summed E-state index contributed by atoms with van der Waals surface area (Å²) in [6.45, 7) is 12.6. The molecule has 0 bridgehead atoms. The third-order valence-corrected chi connectivity index (χ3v) is 7.87. The van der Waals surface area contributed by atoms with Crippen LogP contribution >= 0.6 is 0 Å². The quantitative estimate of drug-likeness (QED) is 0.406. The maximum Gasteiger partial charge on any atom is 0.255 e. The van der Waals surface area contributed by atoms with Crippen molar-refractivity contribution < 1.29 is 14.4 Å². The largest absolute Gasteiger partial charge is 0.322 e. The van der Waals surface area contributed by atoms with Crippen LogP contribution in [0, 0.1) is 0 Å². The summed E-state index contributed by atoms with van der Waals surface area (Å²) in [5, 5.41) is 5.78. The summed E-state index contributed by atoms with van der Waals surface area (Å²) >= 11 is 0. The summed E-state index contributed by atoms with van der Waals surface area (Å²) in [5.41, 5.74) is 2.82. The Labute approximate surface area is 207 Å². The lowest BCUT2D eigenvalue weighted by Crippen LogP contribution is -2.52. The van der Waals surface area contributed by atoms with Gasteiger partial charge in [-0.3, -0.25) is 24.6 Å². The third-order valence-electron chi connectivity index (χ3n) is 7.87. The fourth-order valence-electron chi connectivity index (χ4n) is 5.73. The average molecular weight is 483 g/mol. The smallest absolute Gasteiger partial charge is 0.255 e. The summed E-state index contributed by atoms with van der Waals surface area (Å²) < 4.78 is 0. The van der Waals surface area contributed by atoms with Crippen LogP contribution in [0.15, 0.2) is 18.2 Å². The standard InChI is InChI=1S/C26H38N6O3/c33-24-6-5-23(25(34)28-24)32-19-21-4-3-20(17-22(21)26(32)35)18-31-15-13-30(14-16-31)10-2-1-9-29-11-7-27-8-12-29/h3-4,17,23,27H,1-2,5-16,18-19H2,(H,28,33,34). The van der Waals surface area contributed by atoms with Crippen LogP contribution in [-0.2, 0) is 22.7 Å². The van der Waals surface area contributed by atoms with Gasteiger partial charge in [-0.25, -0.2) is 0 Å². The van der Waals surface area contributed by atoms with Gasteiger partial charge in [0.1, 0.15) is 6.04 Å². The topological polar surface area (TPSA) is 88.2 Å². The van der Waals surface area contributed by atoms with Crippen LogP contribution < -0.4 is 10.6 Å². The molecule has 1 unspecified atom stereocenters. The Kier molecular flexibility index (Phi) is 7.77. The fourth-order valence-corrected chi connectivity index (χ4v) is 5.73. The van der Waals surface area contributed by atoms with Crippen LogP contribution in [0.4, 0.5) is 0 Å². The normalized spacial score (nSPS) is 24.6. The maximum atomic E-state index is 13.1. The molecule has 2 N–H and O–H groups in total. The molecule has 0 radical (unpaired) electrons. The van der Waals surface area contributed by atoms with Crippen molar-refractivity contribution in [2.75, 3.05) is 65.4 Å². The Balaban J connectivity index is 1.06. The molecule has 35 heavy (non-hydrogen) atoms. The van der Waals surface area contributed by atoms with Crippen molar-refractivity contribution in [1.29, 1.82) is 0 Å². The first-order valence-electron chi connectivity index (χ1n) is 13.2. The number of carbonyl (C=O) groups excluding carboxylic acids is 3. The Morgan fingerprint density at radius 2 is 1.54 bits per heavy atom. The Hall–Kier alpha value is -2.33. The van der Waals surface area contributed by atoms with Crippen molar-refractivity contribution in [3.8, 4) is 0 Å². The van der Waals surface area contributed by atoms with Gasteiger partial charge in [0.05, 0.1) is 0 Å². The van der Waals surface area contributed by atoms with Gasteiger partial charge in [0.25, 0.3) is 5.91 Å². The number of piperidine rings is 1. The van der Waals surface area contributed by atoms with Crippen LogP contribution in [0.1, 0.15) is 47.2 Å². The van der Waals surface area contributed by atoms with E-state index in [9.17, 15) is 14.4 Å². The molecular weight excluding hydrogens is 444 g/mol. The van der Waals surface area contributed by atoms with Gasteiger partial charge in [-0.05, 0) is 49.5 Å². The van der Waals surface area contributed by atoms with Gasteiger partial charge in [-0.2, -0.15) is 0 Å². The van der Waals surface area contributed by atoms with E-state index in [0.29, 0.717) is 18.5 Å². The van der Waals surface area contributed by atoms with Crippen LogP contribution in [0.2, 0.25) is 0 Å². The minimum Gasteiger partial charge on any atom is -0.322 e. The molecule has 0 spiro atoms. The first kappa shape index (κ1) is 24.4. The van der Waals surface area contributed by atoms with E-state index in [1.54, 1.807) is 4.90 Å². The van der Waals surface area contributed by atoms with Gasteiger partial charge < -0.3 is 20.0 Å². The van der Waals surface area contributed by atoms with Crippen molar-refractivity contribution in [3.05, 3.63) is 34.9 Å². The molecule has 4 aliphatic rings.